The zero-order valence-corrected chi connectivity index (χ0v) is 14.9. The summed E-state index contributed by atoms with van der Waals surface area (Å²) in [7, 11) is 1.86. The lowest BCUT2D eigenvalue weighted by Crippen LogP contribution is -2.04. The van der Waals surface area contributed by atoms with E-state index in [0.717, 1.165) is 43.6 Å². The van der Waals surface area contributed by atoms with Crippen molar-refractivity contribution in [2.45, 2.75) is 6.92 Å². The third-order valence-electron chi connectivity index (χ3n) is 4.10. The molecule has 6 nitrogen and oxygen atoms in total. The number of rotatable bonds is 5. The molecule has 0 saturated heterocycles. The van der Waals surface area contributed by atoms with Crippen LogP contribution in [0.5, 0.6) is 0 Å². The Bertz CT molecular complexity index is 1050. The SMILES string of the molecule is CNc1nc2cc(-c3cccc(NCCO)c3)sc2n2c(C)cnc12. The molecule has 128 valence electrons. The third kappa shape index (κ3) is 2.71. The van der Waals surface area contributed by atoms with Gasteiger partial charge in [0.2, 0.25) is 0 Å². The number of anilines is 2. The number of hydrogen-bond acceptors (Lipinski definition) is 6. The summed E-state index contributed by atoms with van der Waals surface area (Å²) in [5.41, 5.74) is 5.01. The van der Waals surface area contributed by atoms with Crippen LogP contribution in [0, 0.1) is 6.92 Å². The molecule has 3 heterocycles. The van der Waals surface area contributed by atoms with E-state index in [2.05, 4.69) is 45.1 Å². The maximum absolute atomic E-state index is 8.98. The van der Waals surface area contributed by atoms with E-state index in [9.17, 15) is 0 Å². The summed E-state index contributed by atoms with van der Waals surface area (Å²) < 4.78 is 2.15. The van der Waals surface area contributed by atoms with Crippen molar-refractivity contribution in [2.75, 3.05) is 30.8 Å². The molecule has 4 aromatic rings. The monoisotopic (exact) mass is 353 g/mol. The predicted molar refractivity (Wildman–Crippen MR) is 104 cm³/mol. The van der Waals surface area contributed by atoms with Crippen LogP contribution >= 0.6 is 11.3 Å². The number of aryl methyl sites for hydroxylation is 1. The van der Waals surface area contributed by atoms with Crippen LogP contribution in [0.3, 0.4) is 0 Å². The number of aliphatic hydroxyl groups excluding tert-OH is 1. The van der Waals surface area contributed by atoms with Crippen LogP contribution in [0.15, 0.2) is 36.5 Å². The Morgan fingerprint density at radius 3 is 2.96 bits per heavy atom. The number of benzene rings is 1. The van der Waals surface area contributed by atoms with Gasteiger partial charge in [-0.25, -0.2) is 9.97 Å². The van der Waals surface area contributed by atoms with Crippen molar-refractivity contribution < 1.29 is 5.11 Å². The highest BCUT2D eigenvalue weighted by atomic mass is 32.1. The molecule has 4 rings (SSSR count). The van der Waals surface area contributed by atoms with Gasteiger partial charge in [-0.1, -0.05) is 12.1 Å². The van der Waals surface area contributed by atoms with Gasteiger partial charge in [-0.05, 0) is 30.7 Å². The van der Waals surface area contributed by atoms with Crippen molar-refractivity contribution in [1.82, 2.24) is 14.4 Å². The fraction of sp³-hybridized carbons (Fsp3) is 0.222. The van der Waals surface area contributed by atoms with Crippen molar-refractivity contribution in [1.29, 1.82) is 0 Å². The molecule has 0 aliphatic rings. The topological polar surface area (TPSA) is 74.5 Å². The molecular weight excluding hydrogens is 334 g/mol. The summed E-state index contributed by atoms with van der Waals surface area (Å²) in [6.07, 6.45) is 1.87. The maximum Gasteiger partial charge on any atom is 0.181 e. The molecule has 7 heteroatoms. The van der Waals surface area contributed by atoms with E-state index < -0.39 is 0 Å². The van der Waals surface area contributed by atoms with Gasteiger partial charge >= 0.3 is 0 Å². The fourth-order valence-corrected chi connectivity index (χ4v) is 4.09. The van der Waals surface area contributed by atoms with Crippen LogP contribution in [0.1, 0.15) is 5.69 Å². The standard InChI is InChI=1S/C18H19N5OS/c1-11-10-21-17-16(19-2)22-14-9-15(25-18(14)23(11)17)12-4-3-5-13(8-12)20-6-7-24/h3-5,8-10,20,24H,6-7H2,1-2H3,(H,19,22). The first-order chi connectivity index (χ1) is 12.2. The second kappa shape index (κ2) is 6.34. The van der Waals surface area contributed by atoms with Gasteiger partial charge in [-0.2, -0.15) is 0 Å². The minimum absolute atomic E-state index is 0.113. The average molecular weight is 353 g/mol. The molecule has 0 atom stereocenters. The number of aliphatic hydroxyl groups is 1. The van der Waals surface area contributed by atoms with Crippen LogP contribution in [0.25, 0.3) is 26.4 Å². The first-order valence-corrected chi connectivity index (χ1v) is 8.93. The Labute approximate surface area is 149 Å². The Balaban J connectivity index is 1.87. The van der Waals surface area contributed by atoms with E-state index in [4.69, 9.17) is 10.1 Å². The molecule has 3 N–H and O–H groups in total. The van der Waals surface area contributed by atoms with Gasteiger partial charge in [0, 0.05) is 36.0 Å². The molecule has 0 fully saturated rings. The molecule has 0 spiro atoms. The Morgan fingerprint density at radius 2 is 2.16 bits per heavy atom. The first kappa shape index (κ1) is 15.9. The molecule has 0 aliphatic carbocycles. The third-order valence-corrected chi connectivity index (χ3v) is 5.26. The quantitative estimate of drug-likeness (QED) is 0.513. The fourth-order valence-electron chi connectivity index (χ4n) is 2.94. The highest BCUT2D eigenvalue weighted by Crippen LogP contribution is 2.35. The number of fused-ring (bicyclic) bond motifs is 3. The average Bonchev–Trinajstić information content (AvgIpc) is 3.23. The normalized spacial score (nSPS) is 11.3. The molecule has 0 radical (unpaired) electrons. The van der Waals surface area contributed by atoms with Crippen LogP contribution in [-0.4, -0.2) is 39.7 Å². The summed E-state index contributed by atoms with van der Waals surface area (Å²) in [5.74, 6) is 0.781. The molecule has 0 unspecified atom stereocenters. The lowest BCUT2D eigenvalue weighted by Gasteiger charge is -2.05. The summed E-state index contributed by atoms with van der Waals surface area (Å²) >= 11 is 1.71. The second-order valence-corrected chi connectivity index (χ2v) is 6.83. The van der Waals surface area contributed by atoms with Gasteiger partial charge in [-0.15, -0.1) is 11.3 Å². The number of nitrogens with one attached hydrogen (secondary N) is 2. The molecule has 1 aromatic carbocycles. The van der Waals surface area contributed by atoms with Crippen LogP contribution in [0.2, 0.25) is 0 Å². The Kier molecular flexibility index (Phi) is 4.03. The summed E-state index contributed by atoms with van der Waals surface area (Å²) in [6.45, 7) is 2.71. The van der Waals surface area contributed by atoms with Gasteiger partial charge in [-0.3, -0.25) is 4.40 Å². The largest absolute Gasteiger partial charge is 0.395 e. The number of nitrogens with zero attached hydrogens (tertiary/aromatic N) is 3. The summed E-state index contributed by atoms with van der Waals surface area (Å²) in [6, 6.07) is 10.3. The minimum Gasteiger partial charge on any atom is -0.395 e. The van der Waals surface area contributed by atoms with E-state index in [0.29, 0.717) is 6.54 Å². The minimum atomic E-state index is 0.113. The van der Waals surface area contributed by atoms with Gasteiger partial charge in [0.05, 0.1) is 6.61 Å². The van der Waals surface area contributed by atoms with E-state index >= 15 is 0 Å². The highest BCUT2D eigenvalue weighted by Gasteiger charge is 2.14. The summed E-state index contributed by atoms with van der Waals surface area (Å²) in [5, 5.41) is 15.3. The van der Waals surface area contributed by atoms with Crippen molar-refractivity contribution in [3.8, 4) is 10.4 Å². The second-order valence-electron chi connectivity index (χ2n) is 5.80. The number of aromatic nitrogens is 3. The van der Waals surface area contributed by atoms with E-state index in [1.54, 1.807) is 11.3 Å². The zero-order valence-electron chi connectivity index (χ0n) is 14.1. The van der Waals surface area contributed by atoms with Gasteiger partial charge < -0.3 is 15.7 Å². The number of imidazole rings is 1. The van der Waals surface area contributed by atoms with Crippen LogP contribution in [-0.2, 0) is 0 Å². The Hall–Kier alpha value is -2.64. The maximum atomic E-state index is 8.98. The van der Waals surface area contributed by atoms with Crippen molar-refractivity contribution in [2.24, 2.45) is 0 Å². The molecule has 0 saturated carbocycles. The smallest absolute Gasteiger partial charge is 0.181 e. The van der Waals surface area contributed by atoms with E-state index in [-0.39, 0.29) is 6.61 Å². The van der Waals surface area contributed by atoms with E-state index in [1.165, 1.54) is 0 Å². The molecule has 3 aromatic heterocycles. The van der Waals surface area contributed by atoms with Gasteiger partial charge in [0.25, 0.3) is 0 Å². The predicted octanol–water partition coefficient (Wildman–Crippen LogP) is 3.37. The van der Waals surface area contributed by atoms with Gasteiger partial charge in [0.1, 0.15) is 10.3 Å². The molecule has 0 bridgehead atoms. The van der Waals surface area contributed by atoms with Crippen molar-refractivity contribution in [3.05, 3.63) is 42.2 Å². The van der Waals surface area contributed by atoms with Crippen molar-refractivity contribution >= 4 is 38.8 Å². The summed E-state index contributed by atoms with van der Waals surface area (Å²) in [4.78, 5) is 11.4. The molecule has 25 heavy (non-hydrogen) atoms. The number of thiophene rings is 1. The first-order valence-electron chi connectivity index (χ1n) is 8.12. The van der Waals surface area contributed by atoms with Crippen molar-refractivity contribution in [3.63, 3.8) is 0 Å². The molecule has 0 aliphatic heterocycles. The van der Waals surface area contributed by atoms with Crippen LogP contribution in [0.4, 0.5) is 11.5 Å². The van der Waals surface area contributed by atoms with Crippen LogP contribution < -0.4 is 10.6 Å². The zero-order chi connectivity index (χ0) is 17.4. The number of hydrogen-bond donors (Lipinski definition) is 3. The van der Waals surface area contributed by atoms with Gasteiger partial charge in [0.15, 0.2) is 11.5 Å². The Morgan fingerprint density at radius 1 is 1.28 bits per heavy atom. The molecular formula is C18H19N5OS. The van der Waals surface area contributed by atoms with E-state index in [1.807, 2.05) is 25.4 Å². The lowest BCUT2D eigenvalue weighted by atomic mass is 10.1. The molecule has 0 amide bonds. The lowest BCUT2D eigenvalue weighted by molar-refractivity contribution is 0.311. The highest BCUT2D eigenvalue weighted by molar-refractivity contribution is 7.21.